The lowest BCUT2D eigenvalue weighted by atomic mass is 9.95. The van der Waals surface area contributed by atoms with Gasteiger partial charge in [-0.2, -0.15) is 4.98 Å². The molecule has 1 saturated heterocycles. The Morgan fingerprint density at radius 3 is 2.69 bits per heavy atom. The maximum Gasteiger partial charge on any atom is 0.244 e. The van der Waals surface area contributed by atoms with Crippen molar-refractivity contribution in [2.24, 2.45) is 0 Å². The van der Waals surface area contributed by atoms with Gasteiger partial charge in [-0.05, 0) is 32.2 Å². The van der Waals surface area contributed by atoms with Gasteiger partial charge < -0.3 is 9.09 Å². The minimum Gasteiger partial charge on any atom is -0.338 e. The van der Waals surface area contributed by atoms with Gasteiger partial charge in [-0.3, -0.25) is 4.90 Å². The maximum absolute atomic E-state index is 5.64. The Labute approximate surface area is 156 Å². The fraction of sp³-hybridized carbons (Fsp3) is 0.750. The average molecular weight is 358 g/mol. The van der Waals surface area contributed by atoms with Crippen LogP contribution in [0.1, 0.15) is 101 Å². The highest BCUT2D eigenvalue weighted by Crippen LogP contribution is 2.33. The molecule has 0 N–H and O–H groups in total. The minimum absolute atomic E-state index is 0.235. The van der Waals surface area contributed by atoms with E-state index in [1.165, 1.54) is 50.6 Å². The van der Waals surface area contributed by atoms with Crippen LogP contribution in [0, 0.1) is 0 Å². The van der Waals surface area contributed by atoms with Gasteiger partial charge in [0.1, 0.15) is 0 Å². The van der Waals surface area contributed by atoms with Crippen molar-refractivity contribution in [2.45, 2.75) is 89.8 Å². The molecule has 2 fully saturated rings. The molecular weight excluding hydrogens is 326 g/mol. The summed E-state index contributed by atoms with van der Waals surface area (Å²) in [5, 5.41) is 4.18. The van der Waals surface area contributed by atoms with E-state index in [4.69, 9.17) is 4.52 Å². The minimum atomic E-state index is 0.235. The topological polar surface area (TPSA) is 60.0 Å². The summed E-state index contributed by atoms with van der Waals surface area (Å²) in [6.45, 7) is 6.21. The smallest absolute Gasteiger partial charge is 0.244 e. The second-order valence-electron chi connectivity index (χ2n) is 8.21. The summed E-state index contributed by atoms with van der Waals surface area (Å²) < 4.78 is 8.06. The third-order valence-corrected chi connectivity index (χ3v) is 5.95. The second-order valence-corrected chi connectivity index (χ2v) is 8.21. The summed E-state index contributed by atoms with van der Waals surface area (Å²) in [7, 11) is 0. The number of piperidine rings is 1. The van der Waals surface area contributed by atoms with Crippen LogP contribution in [0.4, 0.5) is 0 Å². The first-order chi connectivity index (χ1) is 12.7. The largest absolute Gasteiger partial charge is 0.338 e. The van der Waals surface area contributed by atoms with Gasteiger partial charge >= 0.3 is 0 Å². The molecule has 2 aliphatic rings. The van der Waals surface area contributed by atoms with Crippen molar-refractivity contribution in [2.75, 3.05) is 6.54 Å². The van der Waals surface area contributed by atoms with E-state index in [-0.39, 0.29) is 6.04 Å². The Morgan fingerprint density at radius 1 is 1.12 bits per heavy atom. The lowest BCUT2D eigenvalue weighted by Crippen LogP contribution is -2.34. The number of nitrogens with zero attached hydrogens (tertiary/aromatic N) is 5. The number of hydrogen-bond donors (Lipinski definition) is 0. The van der Waals surface area contributed by atoms with E-state index in [0.29, 0.717) is 12.0 Å². The molecule has 1 unspecified atom stereocenters. The van der Waals surface area contributed by atoms with E-state index in [2.05, 4.69) is 38.4 Å². The van der Waals surface area contributed by atoms with Crippen LogP contribution in [0.3, 0.4) is 0 Å². The van der Waals surface area contributed by atoms with E-state index in [9.17, 15) is 0 Å². The Balaban J connectivity index is 1.51. The van der Waals surface area contributed by atoms with E-state index in [0.717, 1.165) is 31.2 Å². The highest BCUT2D eigenvalue weighted by Gasteiger charge is 2.30. The van der Waals surface area contributed by atoms with Gasteiger partial charge in [-0.1, -0.05) is 44.7 Å². The summed E-state index contributed by atoms with van der Waals surface area (Å²) in [5.74, 6) is 1.91. The van der Waals surface area contributed by atoms with Gasteiger partial charge in [0.25, 0.3) is 0 Å². The van der Waals surface area contributed by atoms with Crippen molar-refractivity contribution < 1.29 is 4.52 Å². The van der Waals surface area contributed by atoms with E-state index < -0.39 is 0 Å². The fourth-order valence-electron chi connectivity index (χ4n) is 4.43. The molecule has 2 aromatic heterocycles. The molecule has 0 aromatic carbocycles. The summed E-state index contributed by atoms with van der Waals surface area (Å²) in [6, 6.07) is 0.860. The van der Waals surface area contributed by atoms with Crippen LogP contribution in [0.2, 0.25) is 0 Å². The van der Waals surface area contributed by atoms with Crippen LogP contribution in [-0.4, -0.2) is 31.1 Å². The zero-order valence-corrected chi connectivity index (χ0v) is 16.1. The number of rotatable bonds is 5. The average Bonchev–Trinajstić information content (AvgIpc) is 3.33. The molecule has 142 valence electrons. The molecule has 1 aliphatic heterocycles. The maximum atomic E-state index is 5.64. The first kappa shape index (κ1) is 17.7. The number of hydrogen-bond acceptors (Lipinski definition) is 5. The highest BCUT2D eigenvalue weighted by molar-refractivity contribution is 5.04. The quantitative estimate of drug-likeness (QED) is 0.781. The van der Waals surface area contributed by atoms with Crippen LogP contribution in [0.15, 0.2) is 17.0 Å². The highest BCUT2D eigenvalue weighted by atomic mass is 16.5. The normalized spacial score (nSPS) is 23.0. The van der Waals surface area contributed by atoms with Gasteiger partial charge in [0.05, 0.1) is 18.1 Å². The predicted molar refractivity (Wildman–Crippen MR) is 99.7 cm³/mol. The molecule has 26 heavy (non-hydrogen) atoms. The SMILES string of the molecule is CC(C)c1noc(C2CCCCN2Cc2cncn2C2CCCCC2)n1. The molecule has 0 bridgehead atoms. The molecule has 2 aromatic rings. The van der Waals surface area contributed by atoms with Crippen molar-refractivity contribution >= 4 is 0 Å². The predicted octanol–water partition coefficient (Wildman–Crippen LogP) is 4.62. The number of aromatic nitrogens is 4. The van der Waals surface area contributed by atoms with Crippen LogP contribution >= 0.6 is 0 Å². The summed E-state index contributed by atoms with van der Waals surface area (Å²) in [6.07, 6.45) is 14.3. The zero-order chi connectivity index (χ0) is 17.9. The van der Waals surface area contributed by atoms with Crippen molar-refractivity contribution in [1.29, 1.82) is 0 Å². The van der Waals surface area contributed by atoms with Gasteiger partial charge in [-0.15, -0.1) is 0 Å². The van der Waals surface area contributed by atoms with Crippen LogP contribution in [0.5, 0.6) is 0 Å². The molecule has 1 saturated carbocycles. The Kier molecular flexibility index (Phi) is 5.38. The Bertz CT molecular complexity index is 701. The first-order valence-electron chi connectivity index (χ1n) is 10.3. The van der Waals surface area contributed by atoms with E-state index >= 15 is 0 Å². The molecule has 6 nitrogen and oxygen atoms in total. The molecule has 1 aliphatic carbocycles. The molecular formula is C20H31N5O. The Hall–Kier alpha value is -1.69. The molecule has 1 atom stereocenters. The van der Waals surface area contributed by atoms with Crippen LogP contribution in [-0.2, 0) is 6.54 Å². The van der Waals surface area contributed by atoms with Crippen molar-refractivity contribution in [1.82, 2.24) is 24.6 Å². The summed E-state index contributed by atoms with van der Waals surface area (Å²) in [4.78, 5) is 11.7. The lowest BCUT2D eigenvalue weighted by Gasteiger charge is -2.34. The van der Waals surface area contributed by atoms with E-state index in [1.807, 2.05) is 12.5 Å². The Morgan fingerprint density at radius 2 is 1.92 bits per heavy atom. The molecule has 3 heterocycles. The zero-order valence-electron chi connectivity index (χ0n) is 16.1. The first-order valence-corrected chi connectivity index (χ1v) is 10.3. The van der Waals surface area contributed by atoms with Crippen molar-refractivity contribution in [3.63, 3.8) is 0 Å². The van der Waals surface area contributed by atoms with Crippen molar-refractivity contribution in [3.8, 4) is 0 Å². The molecule has 6 heteroatoms. The van der Waals surface area contributed by atoms with E-state index in [1.54, 1.807) is 0 Å². The van der Waals surface area contributed by atoms with Crippen LogP contribution < -0.4 is 0 Å². The van der Waals surface area contributed by atoms with Gasteiger partial charge in [0.15, 0.2) is 5.82 Å². The number of imidazole rings is 1. The van der Waals surface area contributed by atoms with Crippen molar-refractivity contribution in [3.05, 3.63) is 29.9 Å². The van der Waals surface area contributed by atoms with Gasteiger partial charge in [0, 0.05) is 24.7 Å². The van der Waals surface area contributed by atoms with Gasteiger partial charge in [0.2, 0.25) is 5.89 Å². The molecule has 0 spiro atoms. The summed E-state index contributed by atoms with van der Waals surface area (Å²) >= 11 is 0. The molecule has 4 rings (SSSR count). The molecule has 0 amide bonds. The monoisotopic (exact) mass is 357 g/mol. The molecule has 0 radical (unpaired) electrons. The third-order valence-electron chi connectivity index (χ3n) is 5.95. The number of likely N-dealkylation sites (tertiary alicyclic amines) is 1. The third kappa shape index (κ3) is 3.70. The van der Waals surface area contributed by atoms with Crippen LogP contribution in [0.25, 0.3) is 0 Å². The summed E-state index contributed by atoms with van der Waals surface area (Å²) in [5.41, 5.74) is 1.33. The fourth-order valence-corrected chi connectivity index (χ4v) is 4.43. The van der Waals surface area contributed by atoms with Gasteiger partial charge in [-0.25, -0.2) is 4.98 Å². The lowest BCUT2D eigenvalue weighted by molar-refractivity contribution is 0.107. The second kappa shape index (κ2) is 7.91. The standard InChI is InChI=1S/C20H31N5O/c1-15(2)19-22-20(26-23-19)18-10-6-7-11-24(18)13-17-12-21-14-25(17)16-8-4-3-5-9-16/h12,14-16,18H,3-11,13H2,1-2H3.